The maximum absolute atomic E-state index is 9.11. The summed E-state index contributed by atoms with van der Waals surface area (Å²) >= 11 is 0. The average molecular weight is 259 g/mol. The third-order valence-corrected chi connectivity index (χ3v) is 3.57. The quantitative estimate of drug-likeness (QED) is 0.860. The van der Waals surface area contributed by atoms with Crippen LogP contribution in [0.4, 0.5) is 5.69 Å². The smallest absolute Gasteiger partial charge is 0.0991 e. The van der Waals surface area contributed by atoms with Crippen molar-refractivity contribution in [2.75, 3.05) is 31.1 Å². The summed E-state index contributed by atoms with van der Waals surface area (Å²) in [6.07, 6.45) is 0.777. The molecule has 2 atom stereocenters. The van der Waals surface area contributed by atoms with Gasteiger partial charge in [-0.05, 0) is 43.1 Å². The zero-order valence-electron chi connectivity index (χ0n) is 11.3. The van der Waals surface area contributed by atoms with Crippen molar-refractivity contribution < 1.29 is 5.11 Å². The zero-order chi connectivity index (χ0) is 13.7. The maximum atomic E-state index is 9.11. The van der Waals surface area contributed by atoms with E-state index in [0.29, 0.717) is 17.5 Å². The van der Waals surface area contributed by atoms with Crippen LogP contribution >= 0.6 is 0 Å². The van der Waals surface area contributed by atoms with Gasteiger partial charge < -0.3 is 15.3 Å². The first kappa shape index (κ1) is 13.9. The van der Waals surface area contributed by atoms with E-state index in [-0.39, 0.29) is 6.61 Å². The Morgan fingerprint density at radius 1 is 1.37 bits per heavy atom. The van der Waals surface area contributed by atoms with Crippen molar-refractivity contribution in [1.82, 2.24) is 5.32 Å². The topological polar surface area (TPSA) is 59.3 Å². The molecule has 1 fully saturated rings. The van der Waals surface area contributed by atoms with Crippen molar-refractivity contribution >= 4 is 5.69 Å². The van der Waals surface area contributed by atoms with Crippen LogP contribution in [-0.4, -0.2) is 37.4 Å². The van der Waals surface area contributed by atoms with Gasteiger partial charge in [0.05, 0.1) is 11.6 Å². The van der Waals surface area contributed by atoms with Crippen molar-refractivity contribution in [1.29, 1.82) is 5.26 Å². The molecule has 1 aliphatic rings. The Kier molecular flexibility index (Phi) is 4.78. The van der Waals surface area contributed by atoms with Gasteiger partial charge in [0.25, 0.3) is 0 Å². The van der Waals surface area contributed by atoms with E-state index in [1.807, 2.05) is 24.3 Å². The number of hydrogen-bond donors (Lipinski definition) is 2. The number of nitrogens with zero attached hydrogens (tertiary/aromatic N) is 2. The number of hydrogen-bond acceptors (Lipinski definition) is 4. The molecule has 0 aromatic heterocycles. The van der Waals surface area contributed by atoms with Crippen molar-refractivity contribution in [2.24, 2.45) is 5.92 Å². The molecule has 1 aromatic carbocycles. The normalized spacial score (nSPS) is 23.7. The molecule has 0 spiro atoms. The van der Waals surface area contributed by atoms with E-state index in [9.17, 15) is 0 Å². The fourth-order valence-corrected chi connectivity index (χ4v) is 2.52. The number of rotatable bonds is 3. The molecule has 1 aromatic rings. The van der Waals surface area contributed by atoms with Gasteiger partial charge in [0, 0.05) is 31.4 Å². The van der Waals surface area contributed by atoms with E-state index in [4.69, 9.17) is 10.4 Å². The number of nitrogens with one attached hydrogen (secondary N) is 1. The Labute approximate surface area is 114 Å². The molecule has 0 bridgehead atoms. The first-order valence-corrected chi connectivity index (χ1v) is 6.82. The van der Waals surface area contributed by atoms with Gasteiger partial charge in [-0.3, -0.25) is 0 Å². The first-order chi connectivity index (χ1) is 9.22. The van der Waals surface area contributed by atoms with Gasteiger partial charge in [0.15, 0.2) is 0 Å². The molecule has 4 heteroatoms. The van der Waals surface area contributed by atoms with Crippen LogP contribution in [-0.2, 0) is 0 Å². The maximum Gasteiger partial charge on any atom is 0.0991 e. The third kappa shape index (κ3) is 3.69. The van der Waals surface area contributed by atoms with Crippen LogP contribution < -0.4 is 10.2 Å². The van der Waals surface area contributed by atoms with Gasteiger partial charge in [-0.1, -0.05) is 6.92 Å². The number of benzene rings is 1. The molecule has 0 amide bonds. The van der Waals surface area contributed by atoms with Crippen LogP contribution in [0.2, 0.25) is 0 Å². The van der Waals surface area contributed by atoms with E-state index in [1.165, 1.54) is 0 Å². The van der Waals surface area contributed by atoms with Crippen LogP contribution in [0.1, 0.15) is 18.9 Å². The molecule has 0 aliphatic carbocycles. The van der Waals surface area contributed by atoms with Crippen molar-refractivity contribution in [3.05, 3.63) is 29.8 Å². The summed E-state index contributed by atoms with van der Waals surface area (Å²) in [5.41, 5.74) is 1.84. The number of anilines is 1. The number of nitriles is 1. The molecule has 2 unspecified atom stereocenters. The molecule has 2 N–H and O–H groups in total. The summed E-state index contributed by atoms with van der Waals surface area (Å²) in [7, 11) is 0. The summed E-state index contributed by atoms with van der Waals surface area (Å²) in [5.74, 6) is 0.569. The average Bonchev–Trinajstić information content (AvgIpc) is 2.62. The molecular weight excluding hydrogens is 238 g/mol. The Morgan fingerprint density at radius 3 is 2.74 bits per heavy atom. The summed E-state index contributed by atoms with van der Waals surface area (Å²) < 4.78 is 0. The first-order valence-electron chi connectivity index (χ1n) is 6.82. The summed E-state index contributed by atoms with van der Waals surface area (Å²) in [4.78, 5) is 2.34. The fraction of sp³-hybridized carbons (Fsp3) is 0.533. The summed E-state index contributed by atoms with van der Waals surface area (Å²) in [6.45, 7) is 5.33. The van der Waals surface area contributed by atoms with Crippen molar-refractivity contribution in [3.63, 3.8) is 0 Å². The van der Waals surface area contributed by atoms with E-state index >= 15 is 0 Å². The van der Waals surface area contributed by atoms with Crippen LogP contribution in [0.5, 0.6) is 0 Å². The molecule has 1 heterocycles. The van der Waals surface area contributed by atoms with Gasteiger partial charge in [-0.25, -0.2) is 0 Å². The molecule has 19 heavy (non-hydrogen) atoms. The largest absolute Gasteiger partial charge is 0.396 e. The Bertz CT molecular complexity index is 438. The third-order valence-electron chi connectivity index (χ3n) is 3.57. The summed E-state index contributed by atoms with van der Waals surface area (Å²) in [6, 6.07) is 10.2. The lowest BCUT2D eigenvalue weighted by atomic mass is 10.1. The van der Waals surface area contributed by atoms with Crippen molar-refractivity contribution in [3.8, 4) is 6.07 Å². The van der Waals surface area contributed by atoms with Crippen molar-refractivity contribution in [2.45, 2.75) is 19.4 Å². The van der Waals surface area contributed by atoms with Gasteiger partial charge in [0.2, 0.25) is 0 Å². The predicted molar refractivity (Wildman–Crippen MR) is 76.0 cm³/mol. The molecule has 1 saturated heterocycles. The van der Waals surface area contributed by atoms with Gasteiger partial charge in [-0.2, -0.15) is 5.26 Å². The van der Waals surface area contributed by atoms with E-state index in [2.05, 4.69) is 23.2 Å². The second kappa shape index (κ2) is 6.55. The fourth-order valence-electron chi connectivity index (χ4n) is 2.52. The van der Waals surface area contributed by atoms with Gasteiger partial charge >= 0.3 is 0 Å². The Morgan fingerprint density at radius 2 is 2.11 bits per heavy atom. The van der Waals surface area contributed by atoms with E-state index in [1.54, 1.807) is 0 Å². The highest BCUT2D eigenvalue weighted by Gasteiger charge is 2.21. The second-order valence-corrected chi connectivity index (χ2v) is 5.29. The predicted octanol–water partition coefficient (Wildman–Crippen LogP) is 1.35. The van der Waals surface area contributed by atoms with E-state index in [0.717, 1.165) is 31.7 Å². The van der Waals surface area contributed by atoms with E-state index < -0.39 is 0 Å². The Hall–Kier alpha value is -1.57. The standard InChI is InChI=1S/C15H21N3O/c1-12-9-17-14(6-7-19)11-18(10-12)15-4-2-13(8-16)3-5-15/h2-5,12,14,17,19H,6-7,9-11H2,1H3. The minimum Gasteiger partial charge on any atom is -0.396 e. The highest BCUT2D eigenvalue weighted by Crippen LogP contribution is 2.19. The molecule has 0 radical (unpaired) electrons. The highest BCUT2D eigenvalue weighted by atomic mass is 16.3. The van der Waals surface area contributed by atoms with Crippen LogP contribution in [0.3, 0.4) is 0 Å². The number of aliphatic hydroxyl groups is 1. The second-order valence-electron chi connectivity index (χ2n) is 5.29. The monoisotopic (exact) mass is 259 g/mol. The SMILES string of the molecule is CC1CNC(CCO)CN(c2ccc(C#N)cc2)C1. The molecular formula is C15H21N3O. The molecule has 102 valence electrons. The van der Waals surface area contributed by atoms with Crippen LogP contribution in [0.15, 0.2) is 24.3 Å². The lowest BCUT2D eigenvalue weighted by molar-refractivity contribution is 0.266. The molecule has 1 aliphatic heterocycles. The minimum atomic E-state index is 0.216. The van der Waals surface area contributed by atoms with Gasteiger partial charge in [0.1, 0.15) is 0 Å². The highest BCUT2D eigenvalue weighted by molar-refractivity contribution is 5.50. The lowest BCUT2D eigenvalue weighted by Crippen LogP contribution is -2.38. The molecule has 0 saturated carbocycles. The van der Waals surface area contributed by atoms with Gasteiger partial charge in [-0.15, -0.1) is 0 Å². The molecule has 2 rings (SSSR count). The Balaban J connectivity index is 2.12. The summed E-state index contributed by atoms with van der Waals surface area (Å²) in [5, 5.41) is 21.4. The lowest BCUT2D eigenvalue weighted by Gasteiger charge is -2.27. The molecule has 4 nitrogen and oxygen atoms in total. The van der Waals surface area contributed by atoms with Crippen LogP contribution in [0.25, 0.3) is 0 Å². The zero-order valence-corrected chi connectivity index (χ0v) is 11.3. The number of aliphatic hydroxyl groups excluding tert-OH is 1. The van der Waals surface area contributed by atoms with Crippen LogP contribution in [0, 0.1) is 17.2 Å². The minimum absolute atomic E-state index is 0.216.